The van der Waals surface area contributed by atoms with Crippen LogP contribution >= 0.6 is 0 Å². The van der Waals surface area contributed by atoms with Gasteiger partial charge in [0, 0.05) is 0 Å². The van der Waals surface area contributed by atoms with E-state index in [4.69, 9.17) is 0 Å². The van der Waals surface area contributed by atoms with Crippen LogP contribution in [0.2, 0.25) is 0 Å². The summed E-state index contributed by atoms with van der Waals surface area (Å²) in [6.07, 6.45) is -0.536. The Morgan fingerprint density at radius 2 is 1.11 bits per heavy atom. The number of aryl methyl sites for hydroxylation is 4. The number of aliphatic hydroxyl groups excluding tert-OH is 1. The van der Waals surface area contributed by atoms with Crippen molar-refractivity contribution in [2.75, 3.05) is 0 Å². The largest absolute Gasteiger partial charge is 0.384 e. The lowest BCUT2D eigenvalue weighted by Gasteiger charge is -2.17. The summed E-state index contributed by atoms with van der Waals surface area (Å²) in [6.45, 7) is 8.24. The minimum absolute atomic E-state index is 0.536. The van der Waals surface area contributed by atoms with E-state index in [-0.39, 0.29) is 0 Å². The Morgan fingerprint density at radius 3 is 1.44 bits per heavy atom. The normalized spacial score (nSPS) is 11.0. The summed E-state index contributed by atoms with van der Waals surface area (Å²) in [4.78, 5) is 0. The summed E-state index contributed by atoms with van der Waals surface area (Å²) in [7, 11) is 0. The molecule has 2 aromatic rings. The van der Waals surface area contributed by atoms with Gasteiger partial charge in [-0.05, 0) is 49.9 Å². The molecule has 1 nitrogen and oxygen atoms in total. The molecule has 0 aliphatic carbocycles. The van der Waals surface area contributed by atoms with Crippen LogP contribution in [0.1, 0.15) is 39.5 Å². The van der Waals surface area contributed by atoms with Gasteiger partial charge in [-0.1, -0.05) is 47.5 Å². The molecule has 0 aliphatic rings. The Labute approximate surface area is 109 Å². The van der Waals surface area contributed by atoms with Gasteiger partial charge in [-0.3, -0.25) is 0 Å². The zero-order chi connectivity index (χ0) is 13.3. The highest BCUT2D eigenvalue weighted by Gasteiger charge is 2.14. The van der Waals surface area contributed by atoms with Gasteiger partial charge in [-0.2, -0.15) is 0 Å². The molecule has 0 atom stereocenters. The first kappa shape index (κ1) is 12.8. The maximum atomic E-state index is 10.5. The highest BCUT2D eigenvalue weighted by atomic mass is 16.3. The molecule has 2 aromatic carbocycles. The van der Waals surface area contributed by atoms with E-state index in [0.717, 1.165) is 22.3 Å². The predicted molar refractivity (Wildman–Crippen MR) is 75.9 cm³/mol. The van der Waals surface area contributed by atoms with Crippen molar-refractivity contribution in [3.8, 4) is 0 Å². The monoisotopic (exact) mass is 240 g/mol. The van der Waals surface area contributed by atoms with Crippen molar-refractivity contribution in [1.29, 1.82) is 0 Å². The fourth-order valence-electron chi connectivity index (χ4n) is 2.43. The summed E-state index contributed by atoms with van der Waals surface area (Å²) < 4.78 is 0. The molecule has 0 aromatic heterocycles. The summed E-state index contributed by atoms with van der Waals surface area (Å²) in [5.74, 6) is 0. The van der Waals surface area contributed by atoms with Crippen LogP contribution in [-0.4, -0.2) is 5.11 Å². The van der Waals surface area contributed by atoms with Crippen molar-refractivity contribution >= 4 is 0 Å². The molecule has 1 heteroatoms. The van der Waals surface area contributed by atoms with Crippen LogP contribution in [-0.2, 0) is 0 Å². The van der Waals surface area contributed by atoms with E-state index in [1.165, 1.54) is 11.1 Å². The molecule has 0 radical (unpaired) electrons. The molecule has 0 amide bonds. The van der Waals surface area contributed by atoms with E-state index in [2.05, 4.69) is 52.0 Å². The topological polar surface area (TPSA) is 20.2 Å². The van der Waals surface area contributed by atoms with E-state index < -0.39 is 6.10 Å². The van der Waals surface area contributed by atoms with Crippen molar-refractivity contribution in [2.24, 2.45) is 0 Å². The first-order chi connectivity index (χ1) is 8.49. The lowest BCUT2D eigenvalue weighted by molar-refractivity contribution is 0.219. The second kappa shape index (κ2) is 4.95. The van der Waals surface area contributed by atoms with Gasteiger partial charge >= 0.3 is 0 Å². The second-order valence-electron chi connectivity index (χ2n) is 5.12. The average Bonchev–Trinajstić information content (AvgIpc) is 2.28. The number of aliphatic hydroxyl groups is 1. The minimum atomic E-state index is -0.536. The third kappa shape index (κ3) is 2.46. The van der Waals surface area contributed by atoms with Crippen LogP contribution in [0.4, 0.5) is 0 Å². The molecule has 0 unspecified atom stereocenters. The molecule has 1 N–H and O–H groups in total. The summed E-state index contributed by atoms with van der Waals surface area (Å²) in [5.41, 5.74) is 6.72. The van der Waals surface area contributed by atoms with Crippen molar-refractivity contribution in [2.45, 2.75) is 33.8 Å². The van der Waals surface area contributed by atoms with Crippen molar-refractivity contribution < 1.29 is 5.11 Å². The molecular formula is C17H20O. The number of hydrogen-bond donors (Lipinski definition) is 1. The van der Waals surface area contributed by atoms with Gasteiger partial charge in [0.1, 0.15) is 6.10 Å². The van der Waals surface area contributed by atoms with E-state index in [1.54, 1.807) is 0 Å². The predicted octanol–water partition coefficient (Wildman–Crippen LogP) is 4.00. The number of hydrogen-bond acceptors (Lipinski definition) is 1. The number of benzene rings is 2. The Hall–Kier alpha value is -1.60. The zero-order valence-corrected chi connectivity index (χ0v) is 11.5. The molecule has 94 valence electrons. The fourth-order valence-corrected chi connectivity index (χ4v) is 2.43. The lowest BCUT2D eigenvalue weighted by atomic mass is 9.93. The molecule has 2 rings (SSSR count). The molecule has 0 aliphatic heterocycles. The molecule has 0 bridgehead atoms. The fraction of sp³-hybridized carbons (Fsp3) is 0.294. The quantitative estimate of drug-likeness (QED) is 0.841. The van der Waals surface area contributed by atoms with E-state index in [1.807, 2.05) is 12.1 Å². The van der Waals surface area contributed by atoms with Crippen LogP contribution in [0.3, 0.4) is 0 Å². The molecule has 18 heavy (non-hydrogen) atoms. The Bertz CT molecular complexity index is 518. The summed E-state index contributed by atoms with van der Waals surface area (Å²) >= 11 is 0. The van der Waals surface area contributed by atoms with Crippen LogP contribution < -0.4 is 0 Å². The average molecular weight is 240 g/mol. The Balaban J connectivity index is 2.44. The lowest BCUT2D eigenvalue weighted by Crippen LogP contribution is -2.04. The van der Waals surface area contributed by atoms with Crippen LogP contribution in [0.25, 0.3) is 0 Å². The Morgan fingerprint density at radius 1 is 0.722 bits per heavy atom. The minimum Gasteiger partial charge on any atom is -0.384 e. The molecule has 0 saturated heterocycles. The first-order valence-electron chi connectivity index (χ1n) is 6.31. The van der Waals surface area contributed by atoms with Crippen LogP contribution in [0.5, 0.6) is 0 Å². The van der Waals surface area contributed by atoms with Crippen LogP contribution in [0.15, 0.2) is 36.4 Å². The molecular weight excluding hydrogens is 220 g/mol. The van der Waals surface area contributed by atoms with Gasteiger partial charge < -0.3 is 5.11 Å². The standard InChI is InChI=1S/C17H20O/c1-11-5-7-15(13(3)9-11)17(18)16-8-6-12(2)10-14(16)4/h5-10,17-18H,1-4H3. The van der Waals surface area contributed by atoms with Gasteiger partial charge in [0.05, 0.1) is 0 Å². The highest BCUT2D eigenvalue weighted by Crippen LogP contribution is 2.28. The SMILES string of the molecule is Cc1ccc(C(O)c2ccc(C)cc2C)c(C)c1. The molecule has 0 fully saturated rings. The molecule has 0 spiro atoms. The van der Waals surface area contributed by atoms with E-state index >= 15 is 0 Å². The van der Waals surface area contributed by atoms with Gasteiger partial charge in [-0.25, -0.2) is 0 Å². The Kier molecular flexibility index (Phi) is 3.53. The van der Waals surface area contributed by atoms with Gasteiger partial charge in [-0.15, -0.1) is 0 Å². The van der Waals surface area contributed by atoms with Crippen LogP contribution in [0, 0.1) is 27.7 Å². The smallest absolute Gasteiger partial charge is 0.105 e. The number of rotatable bonds is 2. The van der Waals surface area contributed by atoms with Crippen molar-refractivity contribution in [3.05, 3.63) is 69.8 Å². The maximum Gasteiger partial charge on any atom is 0.105 e. The highest BCUT2D eigenvalue weighted by molar-refractivity contribution is 5.41. The van der Waals surface area contributed by atoms with Gasteiger partial charge in [0.2, 0.25) is 0 Å². The van der Waals surface area contributed by atoms with Gasteiger partial charge in [0.15, 0.2) is 0 Å². The third-order valence-corrected chi connectivity index (χ3v) is 3.44. The first-order valence-corrected chi connectivity index (χ1v) is 6.31. The van der Waals surface area contributed by atoms with E-state index in [9.17, 15) is 5.11 Å². The summed E-state index contributed by atoms with van der Waals surface area (Å²) in [6, 6.07) is 12.4. The third-order valence-electron chi connectivity index (χ3n) is 3.44. The molecule has 0 saturated carbocycles. The maximum absolute atomic E-state index is 10.5. The van der Waals surface area contributed by atoms with Gasteiger partial charge in [0.25, 0.3) is 0 Å². The van der Waals surface area contributed by atoms with E-state index in [0.29, 0.717) is 0 Å². The van der Waals surface area contributed by atoms with Crippen molar-refractivity contribution in [1.82, 2.24) is 0 Å². The molecule has 0 heterocycles. The summed E-state index contributed by atoms with van der Waals surface area (Å²) in [5, 5.41) is 10.5. The second-order valence-corrected chi connectivity index (χ2v) is 5.12. The zero-order valence-electron chi connectivity index (χ0n) is 11.5. The van der Waals surface area contributed by atoms with Crippen molar-refractivity contribution in [3.63, 3.8) is 0 Å².